The first-order chi connectivity index (χ1) is 17.7. The molecule has 37 heavy (non-hydrogen) atoms. The van der Waals surface area contributed by atoms with Gasteiger partial charge in [0.1, 0.15) is 5.82 Å². The Morgan fingerprint density at radius 2 is 1.59 bits per heavy atom. The topological polar surface area (TPSA) is 169 Å². The molecule has 0 unspecified atom stereocenters. The second kappa shape index (κ2) is 10.5. The number of nitrogens with zero attached hydrogens (tertiary/aromatic N) is 1. The van der Waals surface area contributed by atoms with Crippen LogP contribution in [-0.2, 0) is 19.1 Å². The van der Waals surface area contributed by atoms with Gasteiger partial charge in [-0.05, 0) is 42.5 Å². The second-order valence-electron chi connectivity index (χ2n) is 7.89. The number of H-pyrrole nitrogens is 1. The molecule has 1 aliphatic heterocycles. The lowest BCUT2D eigenvalue weighted by molar-refractivity contribution is -0.123. The summed E-state index contributed by atoms with van der Waals surface area (Å²) in [7, 11) is 2.33. The molecular formula is C24H20ClN5O7. The van der Waals surface area contributed by atoms with Crippen LogP contribution in [0.25, 0.3) is 0 Å². The van der Waals surface area contributed by atoms with E-state index in [9.17, 15) is 24.0 Å². The minimum atomic E-state index is -1.20. The molecule has 2 amide bonds. The van der Waals surface area contributed by atoms with Crippen molar-refractivity contribution in [2.24, 2.45) is 0 Å². The minimum Gasteiger partial charge on any atom is -0.465 e. The number of aromatic amines is 1. The number of carbonyl (C=O) groups is 4. The highest BCUT2D eigenvalue weighted by Crippen LogP contribution is 2.30. The van der Waals surface area contributed by atoms with Gasteiger partial charge in [-0.1, -0.05) is 11.6 Å². The number of anilines is 4. The number of fused-ring (bicyclic) bond motifs is 1. The van der Waals surface area contributed by atoms with Gasteiger partial charge in [-0.25, -0.2) is 9.59 Å². The van der Waals surface area contributed by atoms with Gasteiger partial charge in [-0.3, -0.25) is 19.4 Å². The second-order valence-corrected chi connectivity index (χ2v) is 8.32. The lowest BCUT2D eigenvalue weighted by Crippen LogP contribution is -2.36. The van der Waals surface area contributed by atoms with Crippen LogP contribution in [0.5, 0.6) is 0 Å². The van der Waals surface area contributed by atoms with Crippen LogP contribution in [0.4, 0.5) is 23.1 Å². The van der Waals surface area contributed by atoms with Gasteiger partial charge < -0.3 is 25.4 Å². The molecule has 190 valence electrons. The maximum Gasteiger partial charge on any atom is 0.337 e. The van der Waals surface area contributed by atoms with Crippen LogP contribution in [0.1, 0.15) is 38.6 Å². The number of aromatic nitrogens is 2. The van der Waals surface area contributed by atoms with Crippen LogP contribution in [0, 0.1) is 0 Å². The van der Waals surface area contributed by atoms with Crippen LogP contribution in [0.2, 0.25) is 5.02 Å². The molecule has 1 aromatic heterocycles. The monoisotopic (exact) mass is 525 g/mol. The number of halogens is 1. The van der Waals surface area contributed by atoms with Crippen molar-refractivity contribution in [1.29, 1.82) is 0 Å². The smallest absolute Gasteiger partial charge is 0.337 e. The Bertz CT molecular complexity index is 1440. The van der Waals surface area contributed by atoms with Crippen LogP contribution in [0.15, 0.2) is 47.3 Å². The van der Waals surface area contributed by atoms with Gasteiger partial charge in [0.05, 0.1) is 36.8 Å². The zero-order chi connectivity index (χ0) is 26.7. The summed E-state index contributed by atoms with van der Waals surface area (Å²) >= 11 is 5.89. The standard InChI is InChI=1S/C24H20ClN5O7/c1-36-22(34)11-7-12(23(35)37-2)9-15(8-11)26-20(32)16-10-17(31)28-19-18(16)21(33)30-24(29-19)27-14-5-3-13(25)4-6-14/h3-9,16H,10H2,1-2H3,(H,26,32)(H3,27,28,29,30,31,33)/t16-/m0/s1. The highest BCUT2D eigenvalue weighted by atomic mass is 35.5. The van der Waals surface area contributed by atoms with Gasteiger partial charge >= 0.3 is 11.9 Å². The SMILES string of the molecule is COC(=O)c1cc(NC(=O)[C@H]2CC(=O)Nc3nc(Nc4ccc(Cl)cc4)[nH]c(=O)c32)cc(C(=O)OC)c1. The summed E-state index contributed by atoms with van der Waals surface area (Å²) < 4.78 is 9.39. The summed E-state index contributed by atoms with van der Waals surface area (Å²) in [6.07, 6.45) is -0.325. The quantitative estimate of drug-likeness (QED) is 0.353. The molecule has 1 aliphatic rings. The van der Waals surface area contributed by atoms with E-state index in [0.29, 0.717) is 10.7 Å². The number of hydrogen-bond acceptors (Lipinski definition) is 9. The van der Waals surface area contributed by atoms with Gasteiger partial charge in [0, 0.05) is 22.8 Å². The summed E-state index contributed by atoms with van der Waals surface area (Å²) in [5.74, 6) is -3.97. The number of benzene rings is 2. The lowest BCUT2D eigenvalue weighted by atomic mass is 9.92. The maximum absolute atomic E-state index is 13.2. The predicted octanol–water partition coefficient (Wildman–Crippen LogP) is 2.80. The molecule has 0 bridgehead atoms. The summed E-state index contributed by atoms with van der Waals surface area (Å²) in [5.41, 5.74) is -0.0712. The molecule has 0 fully saturated rings. The fourth-order valence-electron chi connectivity index (χ4n) is 3.72. The third-order valence-corrected chi connectivity index (χ3v) is 5.67. The molecule has 0 spiro atoms. The fourth-order valence-corrected chi connectivity index (χ4v) is 3.85. The Morgan fingerprint density at radius 3 is 2.19 bits per heavy atom. The Balaban J connectivity index is 1.65. The Morgan fingerprint density at radius 1 is 0.973 bits per heavy atom. The Kier molecular flexibility index (Phi) is 7.20. The summed E-state index contributed by atoms with van der Waals surface area (Å²) in [6.45, 7) is 0. The summed E-state index contributed by atoms with van der Waals surface area (Å²) in [4.78, 5) is 69.4. The molecule has 2 heterocycles. The first-order valence-electron chi connectivity index (χ1n) is 10.8. The van der Waals surface area contributed by atoms with E-state index in [1.807, 2.05) is 0 Å². The van der Waals surface area contributed by atoms with Gasteiger partial charge in [0.25, 0.3) is 5.56 Å². The molecule has 4 rings (SSSR count). The number of methoxy groups -OCH3 is 2. The van der Waals surface area contributed by atoms with Crippen molar-refractivity contribution in [2.45, 2.75) is 12.3 Å². The molecule has 12 nitrogen and oxygen atoms in total. The summed E-state index contributed by atoms with van der Waals surface area (Å²) in [5, 5.41) is 8.49. The molecule has 1 atom stereocenters. The predicted molar refractivity (Wildman–Crippen MR) is 133 cm³/mol. The van der Waals surface area contributed by atoms with Gasteiger partial charge in [0.2, 0.25) is 17.8 Å². The molecular weight excluding hydrogens is 506 g/mol. The van der Waals surface area contributed by atoms with E-state index in [0.717, 1.165) is 14.2 Å². The molecule has 13 heteroatoms. The van der Waals surface area contributed by atoms with Crippen molar-refractivity contribution in [3.63, 3.8) is 0 Å². The van der Waals surface area contributed by atoms with E-state index in [4.69, 9.17) is 21.1 Å². The number of amides is 2. The first kappa shape index (κ1) is 25.4. The molecule has 0 saturated carbocycles. The Labute approximate surface area is 214 Å². The zero-order valence-corrected chi connectivity index (χ0v) is 20.3. The van der Waals surface area contributed by atoms with Crippen LogP contribution in [-0.4, -0.2) is 47.9 Å². The highest BCUT2D eigenvalue weighted by Gasteiger charge is 2.35. The van der Waals surface area contributed by atoms with Crippen molar-refractivity contribution < 1.29 is 28.7 Å². The highest BCUT2D eigenvalue weighted by molar-refractivity contribution is 6.30. The van der Waals surface area contributed by atoms with Crippen molar-refractivity contribution >= 4 is 58.5 Å². The van der Waals surface area contributed by atoms with Crippen molar-refractivity contribution in [3.8, 4) is 0 Å². The van der Waals surface area contributed by atoms with Crippen LogP contribution in [0.3, 0.4) is 0 Å². The lowest BCUT2D eigenvalue weighted by Gasteiger charge is -2.24. The van der Waals surface area contributed by atoms with Crippen LogP contribution >= 0.6 is 11.6 Å². The Hall–Kier alpha value is -4.71. The molecule has 3 aromatic rings. The average Bonchev–Trinajstić information content (AvgIpc) is 2.88. The van der Waals surface area contributed by atoms with Gasteiger partial charge in [-0.2, -0.15) is 4.98 Å². The molecule has 4 N–H and O–H groups in total. The van der Waals surface area contributed by atoms with Gasteiger partial charge in [0.15, 0.2) is 0 Å². The van der Waals surface area contributed by atoms with E-state index in [1.54, 1.807) is 24.3 Å². The molecule has 0 saturated heterocycles. The first-order valence-corrected chi connectivity index (χ1v) is 11.2. The van der Waals surface area contributed by atoms with E-state index in [2.05, 4.69) is 25.9 Å². The number of ether oxygens (including phenoxy) is 2. The van der Waals surface area contributed by atoms with E-state index < -0.39 is 35.2 Å². The number of carbonyl (C=O) groups excluding carboxylic acids is 4. The van der Waals surface area contributed by atoms with Gasteiger partial charge in [-0.15, -0.1) is 0 Å². The number of rotatable bonds is 6. The van der Waals surface area contributed by atoms with E-state index in [1.165, 1.54) is 18.2 Å². The number of nitrogens with one attached hydrogen (secondary N) is 4. The number of hydrogen-bond donors (Lipinski definition) is 4. The van der Waals surface area contributed by atoms with Crippen LogP contribution < -0.4 is 21.5 Å². The molecule has 2 aromatic carbocycles. The molecule has 0 radical (unpaired) electrons. The fraction of sp³-hybridized carbons (Fsp3) is 0.167. The number of esters is 2. The zero-order valence-electron chi connectivity index (χ0n) is 19.5. The molecule has 0 aliphatic carbocycles. The normalized spacial score (nSPS) is 14.1. The average molecular weight is 526 g/mol. The maximum atomic E-state index is 13.2. The van der Waals surface area contributed by atoms with E-state index >= 15 is 0 Å². The minimum absolute atomic E-state index is 0.0140. The third kappa shape index (κ3) is 5.59. The third-order valence-electron chi connectivity index (χ3n) is 5.42. The summed E-state index contributed by atoms with van der Waals surface area (Å²) in [6, 6.07) is 10.5. The van der Waals surface area contributed by atoms with Crippen molar-refractivity contribution in [1.82, 2.24) is 9.97 Å². The largest absolute Gasteiger partial charge is 0.465 e. The van der Waals surface area contributed by atoms with E-state index in [-0.39, 0.29) is 40.6 Å². The van der Waals surface area contributed by atoms with Crippen molar-refractivity contribution in [3.05, 3.63) is 74.5 Å². The van der Waals surface area contributed by atoms with Crippen molar-refractivity contribution in [2.75, 3.05) is 30.2 Å².